The molecule has 1 aromatic carbocycles. The first-order valence-corrected chi connectivity index (χ1v) is 8.62. The van der Waals surface area contributed by atoms with E-state index in [1.807, 2.05) is 31.2 Å². The largest absolute Gasteiger partial charge is 0.324 e. The topological polar surface area (TPSA) is 80.5 Å². The number of nitrogens with zero attached hydrogens (tertiary/aromatic N) is 2. The third-order valence-electron chi connectivity index (χ3n) is 3.40. The average Bonchev–Trinajstić information content (AvgIpc) is 3.10. The van der Waals surface area contributed by atoms with Gasteiger partial charge in [-0.15, -0.1) is 0 Å². The Balaban J connectivity index is 1.79. The number of rotatable bonds is 4. The van der Waals surface area contributed by atoms with Crippen molar-refractivity contribution in [3.05, 3.63) is 67.4 Å². The number of carbonyl (C=O) groups excluding carboxylic acids is 2. The number of hydrogen-bond donors (Lipinski definition) is 0. The molecule has 122 valence electrons. The van der Waals surface area contributed by atoms with Crippen LogP contribution in [0.4, 0.5) is 9.80 Å². The Hall–Kier alpha value is -2.45. The Morgan fingerprint density at radius 2 is 1.88 bits per heavy atom. The highest BCUT2D eigenvalue weighted by Gasteiger charge is 2.35. The van der Waals surface area contributed by atoms with E-state index in [2.05, 4.69) is 0 Å². The van der Waals surface area contributed by atoms with Crippen LogP contribution >= 0.6 is 23.1 Å². The number of thioether (sulfide) groups is 1. The second-order valence-electron chi connectivity index (χ2n) is 5.19. The second-order valence-corrected chi connectivity index (χ2v) is 7.27. The van der Waals surface area contributed by atoms with Gasteiger partial charge in [-0.05, 0) is 36.4 Å². The van der Waals surface area contributed by atoms with E-state index in [0.29, 0.717) is 4.88 Å². The lowest BCUT2D eigenvalue weighted by Crippen LogP contribution is -2.27. The molecule has 2 aromatic rings. The lowest BCUT2D eigenvalue weighted by atomic mass is 10.1. The van der Waals surface area contributed by atoms with E-state index in [0.717, 1.165) is 34.2 Å². The molecule has 1 fully saturated rings. The highest BCUT2D eigenvalue weighted by atomic mass is 32.2. The SMILES string of the molecule is Cc1ccc(CN2C(=O)S/C(=C\c3ccc([N+](=O)[O-])s3)C2=O)cc1. The molecule has 2 amide bonds. The smallest absolute Gasteiger partial charge is 0.268 e. The molecular weight excluding hydrogens is 348 g/mol. The van der Waals surface area contributed by atoms with Crippen molar-refractivity contribution in [2.45, 2.75) is 13.5 Å². The molecule has 0 saturated carbocycles. The van der Waals surface area contributed by atoms with Gasteiger partial charge in [-0.1, -0.05) is 41.2 Å². The maximum Gasteiger partial charge on any atom is 0.324 e. The standard InChI is InChI=1S/C16H12N2O4S2/c1-10-2-4-11(5-3-10)9-17-15(19)13(24-16(17)20)8-12-6-7-14(23-12)18(21)22/h2-8H,9H2,1H3/b13-8-. The maximum atomic E-state index is 12.4. The summed E-state index contributed by atoms with van der Waals surface area (Å²) >= 11 is 1.82. The summed E-state index contributed by atoms with van der Waals surface area (Å²) in [5, 5.41) is 10.4. The highest BCUT2D eigenvalue weighted by molar-refractivity contribution is 8.18. The van der Waals surface area contributed by atoms with Crippen LogP contribution in [0.5, 0.6) is 0 Å². The molecule has 0 bridgehead atoms. The lowest BCUT2D eigenvalue weighted by molar-refractivity contribution is -0.380. The molecule has 6 nitrogen and oxygen atoms in total. The Bertz CT molecular complexity index is 855. The van der Waals surface area contributed by atoms with Crippen molar-refractivity contribution in [1.82, 2.24) is 4.90 Å². The molecule has 2 heterocycles. The van der Waals surface area contributed by atoms with Crippen LogP contribution in [0.1, 0.15) is 16.0 Å². The molecule has 0 atom stereocenters. The van der Waals surface area contributed by atoms with E-state index in [1.54, 1.807) is 6.07 Å². The van der Waals surface area contributed by atoms with Gasteiger partial charge < -0.3 is 0 Å². The van der Waals surface area contributed by atoms with Crippen molar-refractivity contribution < 1.29 is 14.5 Å². The fraction of sp³-hybridized carbons (Fsp3) is 0.125. The van der Waals surface area contributed by atoms with E-state index in [1.165, 1.54) is 17.0 Å². The fourth-order valence-electron chi connectivity index (χ4n) is 2.16. The number of carbonyl (C=O) groups is 2. The number of benzene rings is 1. The van der Waals surface area contributed by atoms with Gasteiger partial charge in [0.1, 0.15) is 0 Å². The molecule has 1 aliphatic rings. The van der Waals surface area contributed by atoms with E-state index in [9.17, 15) is 19.7 Å². The Labute approximate surface area is 145 Å². The predicted molar refractivity (Wildman–Crippen MR) is 93.7 cm³/mol. The number of thiophene rings is 1. The summed E-state index contributed by atoms with van der Waals surface area (Å²) in [5.74, 6) is -0.373. The van der Waals surface area contributed by atoms with Gasteiger partial charge in [0.15, 0.2) is 0 Å². The van der Waals surface area contributed by atoms with Gasteiger partial charge in [0.2, 0.25) is 0 Å². The van der Waals surface area contributed by atoms with Crippen molar-refractivity contribution in [3.8, 4) is 0 Å². The molecule has 1 aromatic heterocycles. The van der Waals surface area contributed by atoms with E-state index in [-0.39, 0.29) is 27.6 Å². The predicted octanol–water partition coefficient (Wildman–Crippen LogP) is 4.20. The summed E-state index contributed by atoms with van der Waals surface area (Å²) in [6, 6.07) is 10.6. The van der Waals surface area contributed by atoms with Crippen molar-refractivity contribution in [1.29, 1.82) is 0 Å². The number of aryl methyl sites for hydroxylation is 1. The summed E-state index contributed by atoms with van der Waals surface area (Å²) in [7, 11) is 0. The molecule has 8 heteroatoms. The first-order valence-electron chi connectivity index (χ1n) is 6.99. The van der Waals surface area contributed by atoms with E-state index in [4.69, 9.17) is 0 Å². The Kier molecular flexibility index (Phi) is 4.50. The zero-order valence-corrected chi connectivity index (χ0v) is 14.2. The third-order valence-corrected chi connectivity index (χ3v) is 5.29. The molecule has 1 saturated heterocycles. The number of hydrogen-bond acceptors (Lipinski definition) is 6. The maximum absolute atomic E-state index is 12.4. The lowest BCUT2D eigenvalue weighted by Gasteiger charge is -2.12. The van der Waals surface area contributed by atoms with Gasteiger partial charge >= 0.3 is 5.00 Å². The molecule has 0 radical (unpaired) electrons. The van der Waals surface area contributed by atoms with Gasteiger partial charge in [-0.3, -0.25) is 24.6 Å². The molecule has 1 aliphatic heterocycles. The summed E-state index contributed by atoms with van der Waals surface area (Å²) in [6.45, 7) is 2.18. The normalized spacial score (nSPS) is 16.2. The number of imide groups is 1. The molecule has 0 aliphatic carbocycles. The van der Waals surface area contributed by atoms with Gasteiger partial charge in [-0.25, -0.2) is 0 Å². The van der Waals surface area contributed by atoms with Crippen LogP contribution in [0.3, 0.4) is 0 Å². The van der Waals surface area contributed by atoms with Gasteiger partial charge in [0.25, 0.3) is 11.1 Å². The molecule has 0 spiro atoms. The van der Waals surface area contributed by atoms with Crippen LogP contribution in [0, 0.1) is 17.0 Å². The quantitative estimate of drug-likeness (QED) is 0.464. The Morgan fingerprint density at radius 3 is 2.50 bits per heavy atom. The minimum Gasteiger partial charge on any atom is -0.268 e. The summed E-state index contributed by atoms with van der Waals surface area (Å²) in [5.41, 5.74) is 1.97. The molecule has 24 heavy (non-hydrogen) atoms. The van der Waals surface area contributed by atoms with Crippen LogP contribution in [0.2, 0.25) is 0 Å². The van der Waals surface area contributed by atoms with Crippen LogP contribution in [0.25, 0.3) is 6.08 Å². The molecule has 0 unspecified atom stereocenters. The van der Waals surface area contributed by atoms with Crippen LogP contribution in [-0.4, -0.2) is 21.0 Å². The van der Waals surface area contributed by atoms with E-state index < -0.39 is 4.92 Å². The summed E-state index contributed by atoms with van der Waals surface area (Å²) < 4.78 is 0. The third kappa shape index (κ3) is 3.39. The second kappa shape index (κ2) is 6.58. The summed E-state index contributed by atoms with van der Waals surface area (Å²) in [6.07, 6.45) is 1.53. The minimum absolute atomic E-state index is 0.000124. The summed E-state index contributed by atoms with van der Waals surface area (Å²) in [4.78, 5) is 36.8. The zero-order chi connectivity index (χ0) is 17.3. The van der Waals surface area contributed by atoms with Crippen molar-refractivity contribution >= 4 is 45.3 Å². The van der Waals surface area contributed by atoms with Gasteiger partial charge in [0, 0.05) is 10.9 Å². The zero-order valence-electron chi connectivity index (χ0n) is 12.6. The Morgan fingerprint density at radius 1 is 1.17 bits per heavy atom. The van der Waals surface area contributed by atoms with Crippen LogP contribution in [0.15, 0.2) is 41.3 Å². The number of nitro groups is 1. The van der Waals surface area contributed by atoms with Gasteiger partial charge in [-0.2, -0.15) is 0 Å². The van der Waals surface area contributed by atoms with E-state index >= 15 is 0 Å². The van der Waals surface area contributed by atoms with Crippen molar-refractivity contribution in [3.63, 3.8) is 0 Å². The average molecular weight is 360 g/mol. The molecular formula is C16H12N2O4S2. The molecule has 0 N–H and O–H groups in total. The molecule has 3 rings (SSSR count). The first kappa shape index (κ1) is 16.4. The number of amides is 2. The van der Waals surface area contributed by atoms with Gasteiger partial charge in [0.05, 0.1) is 16.4 Å². The van der Waals surface area contributed by atoms with Crippen molar-refractivity contribution in [2.75, 3.05) is 0 Å². The monoisotopic (exact) mass is 360 g/mol. The van der Waals surface area contributed by atoms with Crippen molar-refractivity contribution in [2.24, 2.45) is 0 Å². The van der Waals surface area contributed by atoms with Crippen LogP contribution in [-0.2, 0) is 11.3 Å². The first-order chi connectivity index (χ1) is 11.4. The fourth-order valence-corrected chi connectivity index (χ4v) is 3.83. The van der Waals surface area contributed by atoms with Crippen LogP contribution < -0.4 is 0 Å². The highest BCUT2D eigenvalue weighted by Crippen LogP contribution is 2.35. The minimum atomic E-state index is -0.481.